The summed E-state index contributed by atoms with van der Waals surface area (Å²) in [6.07, 6.45) is 5.15. The molecule has 0 radical (unpaired) electrons. The molecule has 2 atom stereocenters. The molecule has 0 aliphatic rings. The number of hydrogen-bond donors (Lipinski definition) is 1. The minimum absolute atomic E-state index is 0.105. The van der Waals surface area contributed by atoms with Gasteiger partial charge in [0.2, 0.25) is 16.0 Å². The Morgan fingerprint density at radius 2 is 1.65 bits per heavy atom. The second kappa shape index (κ2) is 11.1. The molecule has 0 amide bonds. The summed E-state index contributed by atoms with van der Waals surface area (Å²) >= 11 is 5.90. The lowest BCUT2D eigenvalue weighted by molar-refractivity contribution is 0.0950. The van der Waals surface area contributed by atoms with Gasteiger partial charge in [-0.15, -0.1) is 10.2 Å². The normalized spacial score (nSPS) is 13.2. The van der Waals surface area contributed by atoms with E-state index < -0.39 is 21.4 Å². The van der Waals surface area contributed by atoms with Crippen LogP contribution in [-0.4, -0.2) is 69.3 Å². The molecule has 0 fully saturated rings. The number of rotatable bonds is 10. The summed E-state index contributed by atoms with van der Waals surface area (Å²) in [5.74, 6) is 1.15. The third kappa shape index (κ3) is 4.92. The number of methoxy groups -OCH3 is 3. The number of ether oxygens (including phenoxy) is 3. The molecule has 0 bridgehead atoms. The lowest BCUT2D eigenvalue weighted by Gasteiger charge is -2.22. The first kappa shape index (κ1) is 27.3. The maximum absolute atomic E-state index is 13.7. The van der Waals surface area contributed by atoms with Gasteiger partial charge >= 0.3 is 0 Å². The number of hydrogen-bond acceptors (Lipinski definition) is 10. The summed E-state index contributed by atoms with van der Waals surface area (Å²) in [5, 5.41) is 12.1. The number of benzene rings is 1. The van der Waals surface area contributed by atoms with Gasteiger partial charge in [0.1, 0.15) is 28.5 Å². The van der Waals surface area contributed by atoms with Gasteiger partial charge < -0.3 is 14.2 Å². The molecule has 0 spiro atoms. The first-order valence-corrected chi connectivity index (χ1v) is 13.8. The highest BCUT2D eigenvalue weighted by atomic mass is 35.5. The van der Waals surface area contributed by atoms with Crippen LogP contribution in [0.2, 0.25) is 5.02 Å². The van der Waals surface area contributed by atoms with Crippen molar-refractivity contribution in [3.05, 3.63) is 72.0 Å². The molecular formula is C25H25ClN8O5S. The van der Waals surface area contributed by atoms with Crippen LogP contribution in [-0.2, 0) is 14.8 Å². The Balaban J connectivity index is 1.65. The lowest BCUT2D eigenvalue weighted by Crippen LogP contribution is -2.33. The predicted octanol–water partition coefficient (Wildman–Crippen LogP) is 3.56. The Kier molecular flexibility index (Phi) is 7.56. The second-order valence-corrected chi connectivity index (χ2v) is 11.0. The molecule has 0 aliphatic carbocycles. The maximum Gasteiger partial charge on any atom is 0.243 e. The van der Waals surface area contributed by atoms with E-state index in [2.05, 4.69) is 30.0 Å². The highest BCUT2D eigenvalue weighted by Gasteiger charge is 2.35. The second-order valence-electron chi connectivity index (χ2n) is 8.55. The Labute approximate surface area is 234 Å². The largest absolute Gasteiger partial charge is 0.494 e. The zero-order chi connectivity index (χ0) is 28.4. The Hall–Kier alpha value is -4.27. The summed E-state index contributed by atoms with van der Waals surface area (Å²) in [7, 11) is 0.209. The van der Waals surface area contributed by atoms with Crippen molar-refractivity contribution in [2.45, 2.75) is 18.3 Å². The highest BCUT2D eigenvalue weighted by Crippen LogP contribution is 2.39. The van der Waals surface area contributed by atoms with Crippen LogP contribution in [0.4, 0.5) is 5.95 Å². The van der Waals surface area contributed by atoms with Gasteiger partial charge in [-0.1, -0.05) is 23.7 Å². The summed E-state index contributed by atoms with van der Waals surface area (Å²) < 4.78 is 49.9. The van der Waals surface area contributed by atoms with Crippen LogP contribution in [0.15, 0.2) is 61.2 Å². The number of sulfonamides is 1. The lowest BCUT2D eigenvalue weighted by atomic mass is 10.2. The average Bonchev–Trinajstić information content (AvgIpc) is 3.57. The molecule has 4 aromatic heterocycles. The minimum atomic E-state index is -4.16. The van der Waals surface area contributed by atoms with E-state index in [1.165, 1.54) is 45.2 Å². The number of anilines is 1. The van der Waals surface area contributed by atoms with E-state index in [-0.39, 0.29) is 11.8 Å². The van der Waals surface area contributed by atoms with E-state index in [4.69, 9.17) is 25.8 Å². The molecule has 2 unspecified atom stereocenters. The van der Waals surface area contributed by atoms with E-state index in [1.54, 1.807) is 35.1 Å². The number of fused-ring (bicyclic) bond motifs is 1. The van der Waals surface area contributed by atoms with Gasteiger partial charge in [-0.3, -0.25) is 9.29 Å². The molecule has 0 aliphatic heterocycles. The van der Waals surface area contributed by atoms with Gasteiger partial charge in [0.25, 0.3) is 0 Å². The third-order valence-electron chi connectivity index (χ3n) is 6.25. The van der Waals surface area contributed by atoms with E-state index in [0.717, 1.165) is 5.52 Å². The molecule has 5 aromatic rings. The molecule has 40 heavy (non-hydrogen) atoms. The Morgan fingerprint density at radius 1 is 0.950 bits per heavy atom. The van der Waals surface area contributed by atoms with E-state index in [9.17, 15) is 8.42 Å². The number of nitrogens with zero attached hydrogens (tertiary/aromatic N) is 7. The molecule has 4 heterocycles. The Bertz CT molecular complexity index is 1730. The number of nitrogens with one attached hydrogen (secondary N) is 1. The molecule has 5 rings (SSSR count). The fourth-order valence-electron chi connectivity index (χ4n) is 4.25. The van der Waals surface area contributed by atoms with E-state index in [1.807, 2.05) is 18.2 Å². The van der Waals surface area contributed by atoms with Crippen LogP contribution in [0.25, 0.3) is 22.6 Å². The van der Waals surface area contributed by atoms with Gasteiger partial charge in [-0.2, -0.15) is 5.10 Å². The smallest absolute Gasteiger partial charge is 0.243 e. The van der Waals surface area contributed by atoms with Crippen molar-refractivity contribution in [2.75, 3.05) is 26.1 Å². The standard InChI is InChI=1S/C25H25ClN8O5S/c1-15(22(39-4)23-27-12-16(26)13-28-23)40(35,36)32-25-31-30-24(17-14-29-33-11-6-5-8-18(17)33)34(25)21-19(37-2)9-7-10-20(21)38-3/h5-15,22H,1-4H3,(H,31,32). The van der Waals surface area contributed by atoms with Gasteiger partial charge in [0.15, 0.2) is 11.6 Å². The van der Waals surface area contributed by atoms with Crippen molar-refractivity contribution >= 4 is 33.1 Å². The molecule has 15 heteroatoms. The number of halogens is 1. The van der Waals surface area contributed by atoms with E-state index >= 15 is 0 Å². The van der Waals surface area contributed by atoms with Crippen LogP contribution in [0.5, 0.6) is 11.5 Å². The monoisotopic (exact) mass is 584 g/mol. The zero-order valence-corrected chi connectivity index (χ0v) is 23.5. The summed E-state index contributed by atoms with van der Waals surface area (Å²) in [6, 6.07) is 10.8. The average molecular weight is 585 g/mol. The topological polar surface area (TPSA) is 148 Å². The van der Waals surface area contributed by atoms with Crippen LogP contribution >= 0.6 is 11.6 Å². The first-order chi connectivity index (χ1) is 19.3. The summed E-state index contributed by atoms with van der Waals surface area (Å²) in [5.41, 5.74) is 1.72. The molecule has 13 nitrogen and oxygen atoms in total. The van der Waals surface area contributed by atoms with Crippen LogP contribution in [0.3, 0.4) is 0 Å². The number of aromatic nitrogens is 7. The molecule has 0 saturated heterocycles. The fraction of sp³-hybridized carbons (Fsp3) is 0.240. The van der Waals surface area contributed by atoms with Crippen molar-refractivity contribution in [3.63, 3.8) is 0 Å². The van der Waals surface area contributed by atoms with Crippen molar-refractivity contribution in [3.8, 4) is 28.6 Å². The highest BCUT2D eigenvalue weighted by molar-refractivity contribution is 7.93. The van der Waals surface area contributed by atoms with Crippen molar-refractivity contribution in [1.82, 2.24) is 34.3 Å². The van der Waals surface area contributed by atoms with Crippen LogP contribution in [0.1, 0.15) is 18.9 Å². The molecular weight excluding hydrogens is 560 g/mol. The third-order valence-corrected chi connectivity index (χ3v) is 8.14. The maximum atomic E-state index is 13.7. The van der Waals surface area contributed by atoms with Crippen molar-refractivity contribution in [1.29, 1.82) is 0 Å². The summed E-state index contributed by atoms with van der Waals surface area (Å²) in [6.45, 7) is 1.48. The quantitative estimate of drug-likeness (QED) is 0.258. The fourth-order valence-corrected chi connectivity index (χ4v) is 5.48. The van der Waals surface area contributed by atoms with Gasteiger partial charge in [0.05, 0.1) is 36.5 Å². The number of pyridine rings is 1. The van der Waals surface area contributed by atoms with Gasteiger partial charge in [-0.05, 0) is 31.2 Å². The molecule has 0 saturated carbocycles. The minimum Gasteiger partial charge on any atom is -0.494 e. The number of para-hydroxylation sites is 1. The predicted molar refractivity (Wildman–Crippen MR) is 147 cm³/mol. The van der Waals surface area contributed by atoms with Crippen molar-refractivity contribution < 1.29 is 22.6 Å². The van der Waals surface area contributed by atoms with Crippen molar-refractivity contribution in [2.24, 2.45) is 0 Å². The first-order valence-electron chi connectivity index (χ1n) is 11.9. The van der Waals surface area contributed by atoms with Crippen LogP contribution < -0.4 is 14.2 Å². The molecule has 1 aromatic carbocycles. The SMILES string of the molecule is COc1cccc(OC)c1-n1c(NS(=O)(=O)C(C)C(OC)c2ncc(Cl)cn2)nnc1-c1cnn2ccccc12. The van der Waals surface area contributed by atoms with E-state index in [0.29, 0.717) is 33.6 Å². The Morgan fingerprint density at radius 3 is 2.30 bits per heavy atom. The molecule has 208 valence electrons. The molecule has 1 N–H and O–H groups in total. The van der Waals surface area contributed by atoms with Crippen LogP contribution in [0, 0.1) is 0 Å². The summed E-state index contributed by atoms with van der Waals surface area (Å²) in [4.78, 5) is 8.27. The van der Waals surface area contributed by atoms with Gasteiger partial charge in [0, 0.05) is 25.7 Å². The zero-order valence-electron chi connectivity index (χ0n) is 21.9. The van der Waals surface area contributed by atoms with Gasteiger partial charge in [-0.25, -0.2) is 22.9 Å².